The molecule has 1 rings (SSSR count). The lowest BCUT2D eigenvalue weighted by molar-refractivity contribution is -0.144. The SMILES string of the molecule is CCOC(=O)C(C)NP(=O)(CCN)Oc1c(C)cccc1C. The van der Waals surface area contributed by atoms with Crippen LogP contribution in [0.25, 0.3) is 0 Å². The number of esters is 1. The van der Waals surface area contributed by atoms with Gasteiger partial charge in [-0.1, -0.05) is 18.2 Å². The van der Waals surface area contributed by atoms with Gasteiger partial charge in [-0.3, -0.25) is 9.36 Å². The van der Waals surface area contributed by atoms with E-state index in [2.05, 4.69) is 5.09 Å². The predicted octanol–water partition coefficient (Wildman–Crippen LogP) is 2.38. The van der Waals surface area contributed by atoms with E-state index in [1.54, 1.807) is 13.8 Å². The largest absolute Gasteiger partial charge is 0.465 e. The summed E-state index contributed by atoms with van der Waals surface area (Å²) >= 11 is 0. The van der Waals surface area contributed by atoms with Crippen LogP contribution >= 0.6 is 7.52 Å². The number of hydrogen-bond donors (Lipinski definition) is 2. The minimum Gasteiger partial charge on any atom is -0.465 e. The van der Waals surface area contributed by atoms with Crippen molar-refractivity contribution in [2.45, 2.75) is 33.7 Å². The van der Waals surface area contributed by atoms with Crippen LogP contribution in [0, 0.1) is 13.8 Å². The van der Waals surface area contributed by atoms with E-state index in [0.717, 1.165) is 11.1 Å². The molecule has 1 aromatic rings. The molecule has 0 fully saturated rings. The first kappa shape index (κ1) is 18.7. The number of carbonyl (C=O) groups is 1. The van der Waals surface area contributed by atoms with Crippen molar-refractivity contribution in [2.75, 3.05) is 19.3 Å². The van der Waals surface area contributed by atoms with E-state index >= 15 is 0 Å². The molecule has 124 valence electrons. The number of benzene rings is 1. The lowest BCUT2D eigenvalue weighted by Gasteiger charge is -2.24. The van der Waals surface area contributed by atoms with Crippen LogP contribution < -0.4 is 15.3 Å². The highest BCUT2D eigenvalue weighted by atomic mass is 31.2. The number of nitrogens with one attached hydrogen (secondary N) is 1. The van der Waals surface area contributed by atoms with Gasteiger partial charge in [-0.05, 0) is 38.8 Å². The third-order valence-electron chi connectivity index (χ3n) is 3.10. The van der Waals surface area contributed by atoms with Crippen LogP contribution in [0.15, 0.2) is 18.2 Å². The summed E-state index contributed by atoms with van der Waals surface area (Å²) in [6.07, 6.45) is 0.129. The highest BCUT2D eigenvalue weighted by Gasteiger charge is 2.30. The smallest absolute Gasteiger partial charge is 0.323 e. The van der Waals surface area contributed by atoms with Crippen LogP contribution in [0.2, 0.25) is 0 Å². The van der Waals surface area contributed by atoms with E-state index in [9.17, 15) is 9.36 Å². The Bertz CT molecular complexity index is 542. The third kappa shape index (κ3) is 5.13. The average molecular weight is 328 g/mol. The molecule has 2 atom stereocenters. The number of carbonyl (C=O) groups excluding carboxylic acids is 1. The zero-order valence-corrected chi connectivity index (χ0v) is 14.5. The molecule has 6 nitrogen and oxygen atoms in total. The molecule has 3 N–H and O–H groups in total. The molecule has 7 heteroatoms. The molecule has 0 aliphatic rings. The van der Waals surface area contributed by atoms with E-state index in [-0.39, 0.29) is 19.3 Å². The molecule has 0 amide bonds. The Kier molecular flexibility index (Phi) is 7.07. The second kappa shape index (κ2) is 8.32. The number of hydrogen-bond acceptors (Lipinski definition) is 5. The van der Waals surface area contributed by atoms with Crippen molar-refractivity contribution in [1.82, 2.24) is 5.09 Å². The van der Waals surface area contributed by atoms with Crippen LogP contribution in [0.5, 0.6) is 5.75 Å². The topological polar surface area (TPSA) is 90.7 Å². The summed E-state index contributed by atoms with van der Waals surface area (Å²) < 4.78 is 23.7. The van der Waals surface area contributed by atoms with E-state index in [1.165, 1.54) is 0 Å². The Morgan fingerprint density at radius 2 is 1.95 bits per heavy atom. The van der Waals surface area contributed by atoms with Gasteiger partial charge in [0.2, 0.25) is 0 Å². The number of rotatable bonds is 8. The summed E-state index contributed by atoms with van der Waals surface area (Å²) in [6.45, 7) is 7.52. The highest BCUT2D eigenvalue weighted by Crippen LogP contribution is 2.45. The molecule has 22 heavy (non-hydrogen) atoms. The van der Waals surface area contributed by atoms with Gasteiger partial charge in [0, 0.05) is 6.54 Å². The van der Waals surface area contributed by atoms with Gasteiger partial charge >= 0.3 is 13.5 Å². The van der Waals surface area contributed by atoms with Crippen molar-refractivity contribution < 1.29 is 18.6 Å². The molecular formula is C15H25N2O4P. The molecular weight excluding hydrogens is 303 g/mol. The van der Waals surface area contributed by atoms with Crippen LogP contribution in [-0.2, 0) is 14.1 Å². The van der Waals surface area contributed by atoms with E-state index in [0.29, 0.717) is 5.75 Å². The van der Waals surface area contributed by atoms with Gasteiger partial charge in [0.05, 0.1) is 12.8 Å². The number of ether oxygens (including phenoxy) is 1. The van der Waals surface area contributed by atoms with E-state index in [1.807, 2.05) is 32.0 Å². The monoisotopic (exact) mass is 328 g/mol. The van der Waals surface area contributed by atoms with Gasteiger partial charge < -0.3 is 15.0 Å². The van der Waals surface area contributed by atoms with Crippen LogP contribution in [0.4, 0.5) is 0 Å². The first-order valence-electron chi connectivity index (χ1n) is 7.32. The third-order valence-corrected chi connectivity index (χ3v) is 5.21. The molecule has 0 bridgehead atoms. The van der Waals surface area contributed by atoms with Gasteiger partial charge in [-0.15, -0.1) is 0 Å². The summed E-state index contributed by atoms with van der Waals surface area (Å²) in [5.74, 6) is 0.0905. The first-order valence-corrected chi connectivity index (χ1v) is 9.13. The quantitative estimate of drug-likeness (QED) is 0.562. The zero-order valence-electron chi connectivity index (χ0n) is 13.6. The highest BCUT2D eigenvalue weighted by molar-refractivity contribution is 7.57. The van der Waals surface area contributed by atoms with Crippen molar-refractivity contribution in [1.29, 1.82) is 0 Å². The van der Waals surface area contributed by atoms with E-state index < -0.39 is 19.5 Å². The summed E-state index contributed by atoms with van der Waals surface area (Å²) in [7, 11) is -3.30. The fourth-order valence-corrected chi connectivity index (χ4v) is 3.90. The van der Waals surface area contributed by atoms with Crippen molar-refractivity contribution in [3.05, 3.63) is 29.3 Å². The summed E-state index contributed by atoms with van der Waals surface area (Å²) in [6, 6.07) is 4.93. The second-order valence-corrected chi connectivity index (χ2v) is 7.34. The lowest BCUT2D eigenvalue weighted by Crippen LogP contribution is -2.36. The van der Waals surface area contributed by atoms with Crippen molar-refractivity contribution in [3.8, 4) is 5.75 Å². The molecule has 0 aliphatic carbocycles. The molecule has 0 heterocycles. The fourth-order valence-electron chi connectivity index (χ4n) is 2.01. The van der Waals surface area contributed by atoms with Crippen LogP contribution in [-0.4, -0.2) is 31.3 Å². The minimum absolute atomic E-state index is 0.129. The Labute approximate surface area is 131 Å². The maximum Gasteiger partial charge on any atom is 0.323 e. The minimum atomic E-state index is -3.30. The number of para-hydroxylation sites is 1. The molecule has 0 aromatic heterocycles. The predicted molar refractivity (Wildman–Crippen MR) is 87.3 cm³/mol. The van der Waals surface area contributed by atoms with Crippen LogP contribution in [0.3, 0.4) is 0 Å². The summed E-state index contributed by atoms with van der Waals surface area (Å²) in [5.41, 5.74) is 7.30. The van der Waals surface area contributed by atoms with Gasteiger partial charge in [0.25, 0.3) is 0 Å². The lowest BCUT2D eigenvalue weighted by atomic mass is 10.1. The Morgan fingerprint density at radius 1 is 1.36 bits per heavy atom. The van der Waals surface area contributed by atoms with Gasteiger partial charge in [0.1, 0.15) is 11.8 Å². The van der Waals surface area contributed by atoms with Gasteiger partial charge in [-0.25, -0.2) is 5.09 Å². The maximum atomic E-state index is 13.0. The first-order chi connectivity index (χ1) is 10.3. The Balaban J connectivity index is 2.96. The number of aryl methyl sites for hydroxylation is 2. The molecule has 2 unspecified atom stereocenters. The Morgan fingerprint density at radius 3 is 2.45 bits per heavy atom. The van der Waals surface area contributed by atoms with Gasteiger partial charge in [-0.2, -0.15) is 0 Å². The van der Waals surface area contributed by atoms with Gasteiger partial charge in [0.15, 0.2) is 0 Å². The van der Waals surface area contributed by atoms with E-state index in [4.69, 9.17) is 15.0 Å². The molecule has 0 saturated heterocycles. The summed E-state index contributed by atoms with van der Waals surface area (Å²) in [5, 5.41) is 2.76. The molecule has 0 aliphatic heterocycles. The second-order valence-electron chi connectivity index (χ2n) is 5.10. The standard InChI is InChI=1S/C15H25N2O4P/c1-5-20-15(18)13(4)17-22(19,10-9-16)21-14-11(2)7-6-8-12(14)3/h6-8,13H,5,9-10,16H2,1-4H3,(H,17,19). The fraction of sp³-hybridized carbons (Fsp3) is 0.533. The molecule has 0 saturated carbocycles. The van der Waals surface area contributed by atoms with Crippen molar-refractivity contribution in [3.63, 3.8) is 0 Å². The normalized spacial score (nSPS) is 15.0. The zero-order chi connectivity index (χ0) is 16.8. The van der Waals surface area contributed by atoms with Crippen LogP contribution in [0.1, 0.15) is 25.0 Å². The Hall–Kier alpha value is -1.36. The summed E-state index contributed by atoms with van der Waals surface area (Å²) in [4.78, 5) is 11.7. The maximum absolute atomic E-state index is 13.0. The molecule has 0 radical (unpaired) electrons. The molecule has 0 spiro atoms. The number of nitrogens with two attached hydrogens (primary N) is 1. The average Bonchev–Trinajstić information content (AvgIpc) is 2.43. The van der Waals surface area contributed by atoms with Crippen molar-refractivity contribution in [2.24, 2.45) is 5.73 Å². The molecule has 1 aromatic carbocycles. The van der Waals surface area contributed by atoms with Crippen molar-refractivity contribution >= 4 is 13.5 Å².